The van der Waals surface area contributed by atoms with E-state index in [4.69, 9.17) is 19.4 Å². The highest BCUT2D eigenvalue weighted by molar-refractivity contribution is 6.21. The van der Waals surface area contributed by atoms with Crippen LogP contribution in [0.5, 0.6) is 0 Å². The Balaban J connectivity index is 1.20. The third kappa shape index (κ3) is 5.19. The second-order valence-corrected chi connectivity index (χ2v) is 13.9. The van der Waals surface area contributed by atoms with Gasteiger partial charge in [-0.05, 0) is 84.9 Å². The molecule has 9 aromatic carbocycles. The minimum absolute atomic E-state index is 0.596. The molecule has 11 rings (SSSR count). The molecule has 11 aromatic rings. The van der Waals surface area contributed by atoms with E-state index in [0.717, 1.165) is 60.9 Å². The van der Waals surface area contributed by atoms with Gasteiger partial charge in [0.1, 0.15) is 11.2 Å². The highest BCUT2D eigenvalue weighted by Crippen LogP contribution is 2.43. The monoisotopic (exact) mass is 701 g/mol. The lowest BCUT2D eigenvalue weighted by molar-refractivity contribution is 0.669. The number of benzene rings is 9. The number of furan rings is 1. The van der Waals surface area contributed by atoms with Crippen LogP contribution in [0, 0.1) is 0 Å². The molecule has 55 heavy (non-hydrogen) atoms. The van der Waals surface area contributed by atoms with Crippen molar-refractivity contribution in [3.05, 3.63) is 188 Å². The van der Waals surface area contributed by atoms with Crippen LogP contribution in [-0.4, -0.2) is 15.0 Å². The fourth-order valence-corrected chi connectivity index (χ4v) is 8.17. The van der Waals surface area contributed by atoms with Crippen LogP contribution >= 0.6 is 0 Å². The topological polar surface area (TPSA) is 51.8 Å². The molecule has 256 valence electrons. The number of fused-ring (bicyclic) bond motifs is 7. The summed E-state index contributed by atoms with van der Waals surface area (Å²) in [5, 5.41) is 9.30. The Morgan fingerprint density at radius 3 is 1.67 bits per heavy atom. The lowest BCUT2D eigenvalue weighted by Crippen LogP contribution is -2.02. The lowest BCUT2D eigenvalue weighted by atomic mass is 9.88. The summed E-state index contributed by atoms with van der Waals surface area (Å²) in [7, 11) is 0. The predicted octanol–water partition coefficient (Wildman–Crippen LogP) is 13.6. The largest absolute Gasteiger partial charge is 0.456 e. The SMILES string of the molecule is c1ccc(-c2ccccc2-c2nc(-c3ccc4oc5ccccc5c4c3)nc(-c3ccccc3-c3c4ccccc4cc4c3ccc3ccccc34)n2)cc1. The first-order chi connectivity index (χ1) is 27.3. The summed E-state index contributed by atoms with van der Waals surface area (Å²) in [5.74, 6) is 1.82. The Morgan fingerprint density at radius 2 is 0.873 bits per heavy atom. The molecule has 4 nitrogen and oxygen atoms in total. The summed E-state index contributed by atoms with van der Waals surface area (Å²) < 4.78 is 6.20. The van der Waals surface area contributed by atoms with Crippen molar-refractivity contribution in [1.82, 2.24) is 15.0 Å². The number of hydrogen-bond donors (Lipinski definition) is 0. The maximum atomic E-state index is 6.20. The zero-order chi connectivity index (χ0) is 36.3. The van der Waals surface area contributed by atoms with E-state index in [1.54, 1.807) is 0 Å². The fourth-order valence-electron chi connectivity index (χ4n) is 8.17. The van der Waals surface area contributed by atoms with Gasteiger partial charge < -0.3 is 4.42 Å². The molecule has 2 heterocycles. The summed E-state index contributed by atoms with van der Waals surface area (Å²) in [6, 6.07) is 65.8. The van der Waals surface area contributed by atoms with Gasteiger partial charge in [-0.25, -0.2) is 15.0 Å². The molecule has 0 saturated carbocycles. The van der Waals surface area contributed by atoms with Gasteiger partial charge in [0.05, 0.1) is 0 Å². The minimum Gasteiger partial charge on any atom is -0.456 e. The number of aromatic nitrogens is 3. The van der Waals surface area contributed by atoms with Gasteiger partial charge in [0.25, 0.3) is 0 Å². The molecule has 0 fully saturated rings. The zero-order valence-electron chi connectivity index (χ0n) is 29.6. The van der Waals surface area contributed by atoms with Gasteiger partial charge in [-0.3, -0.25) is 0 Å². The summed E-state index contributed by atoms with van der Waals surface area (Å²) in [4.78, 5) is 15.9. The molecule has 0 amide bonds. The Kier molecular flexibility index (Phi) is 7.14. The smallest absolute Gasteiger partial charge is 0.164 e. The number of rotatable bonds is 5. The van der Waals surface area contributed by atoms with E-state index < -0.39 is 0 Å². The van der Waals surface area contributed by atoms with Gasteiger partial charge in [-0.2, -0.15) is 0 Å². The van der Waals surface area contributed by atoms with Crippen molar-refractivity contribution in [3.8, 4) is 56.4 Å². The molecule has 0 N–H and O–H groups in total. The maximum Gasteiger partial charge on any atom is 0.164 e. The average Bonchev–Trinajstić information content (AvgIpc) is 3.64. The van der Waals surface area contributed by atoms with E-state index in [2.05, 4.69) is 152 Å². The Bertz CT molecular complexity index is 3270. The van der Waals surface area contributed by atoms with Crippen molar-refractivity contribution < 1.29 is 4.42 Å². The molecule has 4 heteroatoms. The fraction of sp³-hybridized carbons (Fsp3) is 0. The van der Waals surface area contributed by atoms with E-state index in [-0.39, 0.29) is 0 Å². The van der Waals surface area contributed by atoms with Crippen LogP contribution in [0.1, 0.15) is 0 Å². The van der Waals surface area contributed by atoms with Crippen LogP contribution in [-0.2, 0) is 0 Å². The summed E-state index contributed by atoms with van der Waals surface area (Å²) in [5.41, 5.74) is 8.83. The van der Waals surface area contributed by atoms with Crippen molar-refractivity contribution in [1.29, 1.82) is 0 Å². The molecule has 0 unspecified atom stereocenters. The lowest BCUT2D eigenvalue weighted by Gasteiger charge is -2.17. The highest BCUT2D eigenvalue weighted by Gasteiger charge is 2.21. The third-order valence-corrected chi connectivity index (χ3v) is 10.7. The van der Waals surface area contributed by atoms with Crippen LogP contribution < -0.4 is 0 Å². The molecule has 0 aliphatic rings. The van der Waals surface area contributed by atoms with E-state index >= 15 is 0 Å². The van der Waals surface area contributed by atoms with Crippen molar-refractivity contribution in [2.75, 3.05) is 0 Å². The van der Waals surface area contributed by atoms with E-state index in [9.17, 15) is 0 Å². The van der Waals surface area contributed by atoms with Gasteiger partial charge >= 0.3 is 0 Å². The number of para-hydroxylation sites is 1. The Hall–Kier alpha value is -7.43. The quantitative estimate of drug-likeness (QED) is 0.132. The first kappa shape index (κ1) is 31.1. The first-order valence-corrected chi connectivity index (χ1v) is 18.5. The van der Waals surface area contributed by atoms with Crippen LogP contribution in [0.2, 0.25) is 0 Å². The van der Waals surface area contributed by atoms with Crippen molar-refractivity contribution in [2.45, 2.75) is 0 Å². The molecule has 0 aliphatic heterocycles. The molecule has 0 radical (unpaired) electrons. The normalized spacial score (nSPS) is 11.6. The van der Waals surface area contributed by atoms with Gasteiger partial charge in [0, 0.05) is 27.5 Å². The van der Waals surface area contributed by atoms with Crippen LogP contribution in [0.3, 0.4) is 0 Å². The number of hydrogen-bond acceptors (Lipinski definition) is 4. The van der Waals surface area contributed by atoms with Gasteiger partial charge in [0.15, 0.2) is 17.5 Å². The van der Waals surface area contributed by atoms with Crippen molar-refractivity contribution in [2.24, 2.45) is 0 Å². The van der Waals surface area contributed by atoms with Crippen LogP contribution in [0.4, 0.5) is 0 Å². The molecular formula is C51H31N3O. The van der Waals surface area contributed by atoms with Gasteiger partial charge in [-0.1, -0.05) is 158 Å². The zero-order valence-corrected chi connectivity index (χ0v) is 29.6. The molecule has 0 aliphatic carbocycles. The molecule has 0 spiro atoms. The van der Waals surface area contributed by atoms with Gasteiger partial charge in [0.2, 0.25) is 0 Å². The Labute approximate surface area is 317 Å². The summed E-state index contributed by atoms with van der Waals surface area (Å²) in [6.45, 7) is 0. The molecule has 0 bridgehead atoms. The van der Waals surface area contributed by atoms with Crippen LogP contribution in [0.25, 0.3) is 111 Å². The first-order valence-electron chi connectivity index (χ1n) is 18.5. The second-order valence-electron chi connectivity index (χ2n) is 13.9. The molecule has 2 aromatic heterocycles. The van der Waals surface area contributed by atoms with E-state index in [1.807, 2.05) is 36.4 Å². The minimum atomic E-state index is 0.596. The summed E-state index contributed by atoms with van der Waals surface area (Å²) in [6.07, 6.45) is 0. The van der Waals surface area contributed by atoms with Crippen molar-refractivity contribution >= 4 is 54.3 Å². The predicted molar refractivity (Wildman–Crippen MR) is 227 cm³/mol. The summed E-state index contributed by atoms with van der Waals surface area (Å²) >= 11 is 0. The van der Waals surface area contributed by atoms with E-state index in [1.165, 1.54) is 32.3 Å². The maximum absolute atomic E-state index is 6.20. The Morgan fingerprint density at radius 1 is 0.291 bits per heavy atom. The molecule has 0 saturated heterocycles. The standard InChI is InChI=1S/C51H31N3O/c1-2-14-32(15-3-1)36-18-8-10-23-42(36)50-52-49(35-27-29-47-45(31-35)39-21-12-13-25-46(39)55-47)53-51(54-50)43-24-11-9-22-40(43)48-38-20-7-5-17-34(38)30-44-37-19-6-4-16-33(37)26-28-41(44)48/h1-31H. The van der Waals surface area contributed by atoms with Crippen LogP contribution in [0.15, 0.2) is 192 Å². The second kappa shape index (κ2) is 12.6. The third-order valence-electron chi connectivity index (χ3n) is 10.7. The molecule has 0 atom stereocenters. The average molecular weight is 702 g/mol. The van der Waals surface area contributed by atoms with E-state index in [0.29, 0.717) is 17.5 Å². The van der Waals surface area contributed by atoms with Crippen molar-refractivity contribution in [3.63, 3.8) is 0 Å². The highest BCUT2D eigenvalue weighted by atomic mass is 16.3. The van der Waals surface area contributed by atoms with Gasteiger partial charge in [-0.15, -0.1) is 0 Å². The number of nitrogens with zero attached hydrogens (tertiary/aromatic N) is 3. The molecular weight excluding hydrogens is 671 g/mol.